The molecule has 0 spiro atoms. The average molecular weight is 483 g/mol. The summed E-state index contributed by atoms with van der Waals surface area (Å²) in [5, 5.41) is 11.2. The van der Waals surface area contributed by atoms with Crippen LogP contribution in [0.25, 0.3) is 5.76 Å². The molecule has 1 atom stereocenters. The Balaban J connectivity index is 1.48. The normalized spacial score (nSPS) is 22.0. The summed E-state index contributed by atoms with van der Waals surface area (Å²) in [4.78, 5) is 29.9. The van der Waals surface area contributed by atoms with E-state index < -0.39 is 23.5 Å². The van der Waals surface area contributed by atoms with E-state index >= 15 is 0 Å². The number of fused-ring (bicyclic) bond motifs is 1. The molecule has 0 bridgehead atoms. The maximum absolute atomic E-state index is 14.2. The summed E-state index contributed by atoms with van der Waals surface area (Å²) in [7, 11) is 0. The number of benzene rings is 2. The van der Waals surface area contributed by atoms with Crippen LogP contribution in [0.15, 0.2) is 48.0 Å². The molecular weight excluding hydrogens is 455 g/mol. The average Bonchev–Trinajstić information content (AvgIpc) is 3.13. The van der Waals surface area contributed by atoms with Crippen molar-refractivity contribution in [1.82, 2.24) is 9.80 Å². The van der Waals surface area contributed by atoms with Gasteiger partial charge in [0.25, 0.3) is 11.7 Å². The number of nitrogens with zero attached hydrogens (tertiary/aromatic N) is 2. The number of ether oxygens (including phenoxy) is 3. The van der Waals surface area contributed by atoms with E-state index in [2.05, 4.69) is 4.90 Å². The molecule has 0 aromatic heterocycles. The van der Waals surface area contributed by atoms with Crippen LogP contribution >= 0.6 is 0 Å². The summed E-state index contributed by atoms with van der Waals surface area (Å²) in [5.41, 5.74) is 0.681. The van der Waals surface area contributed by atoms with Crippen molar-refractivity contribution >= 4 is 17.4 Å². The van der Waals surface area contributed by atoms with Gasteiger partial charge in [0.15, 0.2) is 11.5 Å². The molecule has 3 aliphatic heterocycles. The monoisotopic (exact) mass is 482 g/mol. The topological polar surface area (TPSA) is 88.5 Å². The molecule has 0 saturated carbocycles. The van der Waals surface area contributed by atoms with Crippen molar-refractivity contribution < 1.29 is 33.3 Å². The lowest BCUT2D eigenvalue weighted by molar-refractivity contribution is -0.140. The number of Topliss-reactive ketones (excluding diaryl/α,β-unsaturated/α-hetero) is 1. The number of likely N-dealkylation sites (tertiary alicyclic amines) is 1. The Morgan fingerprint density at radius 3 is 2.51 bits per heavy atom. The Kier molecular flexibility index (Phi) is 6.70. The third-order valence-corrected chi connectivity index (χ3v) is 6.50. The molecule has 0 radical (unpaired) electrons. The largest absolute Gasteiger partial charge is 0.507 e. The first kappa shape index (κ1) is 23.3. The lowest BCUT2D eigenvalue weighted by Crippen LogP contribution is -2.39. The summed E-state index contributed by atoms with van der Waals surface area (Å²) in [6.45, 7) is 4.80. The van der Waals surface area contributed by atoms with Gasteiger partial charge in [-0.2, -0.15) is 0 Å². The van der Waals surface area contributed by atoms with Crippen molar-refractivity contribution in [1.29, 1.82) is 0 Å². The number of halogens is 1. The summed E-state index contributed by atoms with van der Waals surface area (Å²) >= 11 is 0. The van der Waals surface area contributed by atoms with Crippen molar-refractivity contribution in [3.05, 3.63) is 65.0 Å². The van der Waals surface area contributed by atoms with Crippen LogP contribution in [0.5, 0.6) is 11.5 Å². The third-order valence-electron chi connectivity index (χ3n) is 6.50. The molecule has 35 heavy (non-hydrogen) atoms. The van der Waals surface area contributed by atoms with E-state index in [9.17, 15) is 19.1 Å². The van der Waals surface area contributed by atoms with Gasteiger partial charge in [-0.25, -0.2) is 4.39 Å². The van der Waals surface area contributed by atoms with E-state index in [0.29, 0.717) is 62.0 Å². The van der Waals surface area contributed by atoms with Gasteiger partial charge in [-0.15, -0.1) is 0 Å². The van der Waals surface area contributed by atoms with Crippen LogP contribution in [0.2, 0.25) is 0 Å². The lowest BCUT2D eigenvalue weighted by Gasteiger charge is -2.29. The maximum atomic E-state index is 14.2. The zero-order valence-corrected chi connectivity index (χ0v) is 19.2. The SMILES string of the molecule is O=C1C(=O)N(CCCN2CCOCC2)C(c2cccc(F)c2)/C1=C(\O)c1ccc2c(c1)OCCO2. The number of hydrogen-bond acceptors (Lipinski definition) is 7. The number of rotatable bonds is 6. The summed E-state index contributed by atoms with van der Waals surface area (Å²) in [6.07, 6.45) is 0.628. The molecule has 2 saturated heterocycles. The van der Waals surface area contributed by atoms with Gasteiger partial charge in [0, 0.05) is 31.7 Å². The first-order chi connectivity index (χ1) is 17.0. The molecule has 5 rings (SSSR count). The van der Waals surface area contributed by atoms with Crippen LogP contribution in [0.1, 0.15) is 23.6 Å². The minimum absolute atomic E-state index is 0.0661. The Hall–Kier alpha value is -3.43. The summed E-state index contributed by atoms with van der Waals surface area (Å²) < 4.78 is 30.7. The van der Waals surface area contributed by atoms with Crippen LogP contribution in [0.3, 0.4) is 0 Å². The molecule has 3 heterocycles. The number of aliphatic hydroxyl groups is 1. The fourth-order valence-corrected chi connectivity index (χ4v) is 4.77. The zero-order valence-electron chi connectivity index (χ0n) is 19.2. The number of amides is 1. The van der Waals surface area contributed by atoms with E-state index in [0.717, 1.165) is 19.6 Å². The van der Waals surface area contributed by atoms with Gasteiger partial charge in [-0.1, -0.05) is 12.1 Å². The second-order valence-corrected chi connectivity index (χ2v) is 8.71. The second kappa shape index (κ2) is 10.1. The van der Waals surface area contributed by atoms with Crippen molar-refractivity contribution in [3.63, 3.8) is 0 Å². The molecule has 1 unspecified atom stereocenters. The second-order valence-electron chi connectivity index (χ2n) is 8.71. The highest BCUT2D eigenvalue weighted by Crippen LogP contribution is 2.41. The van der Waals surface area contributed by atoms with E-state index in [1.807, 2.05) is 0 Å². The number of ketones is 1. The zero-order chi connectivity index (χ0) is 24.4. The first-order valence-corrected chi connectivity index (χ1v) is 11.8. The van der Waals surface area contributed by atoms with Crippen LogP contribution in [-0.4, -0.2) is 79.2 Å². The number of carbonyl (C=O) groups is 2. The maximum Gasteiger partial charge on any atom is 0.295 e. The molecule has 3 aliphatic rings. The van der Waals surface area contributed by atoms with Gasteiger partial charge < -0.3 is 24.2 Å². The van der Waals surface area contributed by atoms with Gasteiger partial charge in [-0.3, -0.25) is 14.5 Å². The van der Waals surface area contributed by atoms with Gasteiger partial charge in [0.05, 0.1) is 24.8 Å². The molecule has 9 heteroatoms. The quantitative estimate of drug-likeness (QED) is 0.385. The molecule has 2 aromatic rings. The van der Waals surface area contributed by atoms with Gasteiger partial charge >= 0.3 is 0 Å². The molecule has 0 aliphatic carbocycles. The molecule has 184 valence electrons. The van der Waals surface area contributed by atoms with Crippen LogP contribution in [0.4, 0.5) is 4.39 Å². The Morgan fingerprint density at radius 1 is 0.971 bits per heavy atom. The highest BCUT2D eigenvalue weighted by atomic mass is 19.1. The Labute approximate surface area is 202 Å². The van der Waals surface area contributed by atoms with Crippen molar-refractivity contribution in [2.75, 3.05) is 52.6 Å². The van der Waals surface area contributed by atoms with Gasteiger partial charge in [0.1, 0.15) is 24.8 Å². The highest BCUT2D eigenvalue weighted by Gasteiger charge is 2.46. The third kappa shape index (κ3) is 4.74. The number of hydrogen-bond donors (Lipinski definition) is 1. The molecular formula is C26H27FN2O6. The Morgan fingerprint density at radius 2 is 1.74 bits per heavy atom. The predicted molar refractivity (Wildman–Crippen MR) is 125 cm³/mol. The first-order valence-electron chi connectivity index (χ1n) is 11.8. The summed E-state index contributed by atoms with van der Waals surface area (Å²) in [5.74, 6) is -1.33. The summed E-state index contributed by atoms with van der Waals surface area (Å²) in [6, 6.07) is 9.73. The number of morpholine rings is 1. The van der Waals surface area contributed by atoms with Crippen LogP contribution in [0, 0.1) is 5.82 Å². The van der Waals surface area contributed by atoms with E-state index in [4.69, 9.17) is 14.2 Å². The molecule has 2 aromatic carbocycles. The fourth-order valence-electron chi connectivity index (χ4n) is 4.77. The minimum atomic E-state index is -0.899. The van der Waals surface area contributed by atoms with E-state index in [1.54, 1.807) is 24.3 Å². The number of carbonyl (C=O) groups excluding carboxylic acids is 2. The van der Waals surface area contributed by atoms with E-state index in [-0.39, 0.29) is 11.3 Å². The van der Waals surface area contributed by atoms with Crippen molar-refractivity contribution in [2.24, 2.45) is 0 Å². The fraction of sp³-hybridized carbons (Fsp3) is 0.385. The standard InChI is InChI=1S/C26H27FN2O6/c27-19-4-1-3-17(15-19)23-22(24(30)18-5-6-20-21(16-18)35-14-13-34-20)25(31)26(32)29(23)8-2-7-28-9-11-33-12-10-28/h1,3-6,15-16,23,30H,2,7-14H2/b24-22+. The lowest BCUT2D eigenvalue weighted by atomic mass is 9.95. The predicted octanol–water partition coefficient (Wildman–Crippen LogP) is 2.74. The van der Waals surface area contributed by atoms with Crippen LogP contribution < -0.4 is 9.47 Å². The van der Waals surface area contributed by atoms with Crippen molar-refractivity contribution in [2.45, 2.75) is 12.5 Å². The molecule has 1 N–H and O–H groups in total. The minimum Gasteiger partial charge on any atom is -0.507 e. The highest BCUT2D eigenvalue weighted by molar-refractivity contribution is 6.46. The van der Waals surface area contributed by atoms with Gasteiger partial charge in [0.2, 0.25) is 0 Å². The van der Waals surface area contributed by atoms with Gasteiger partial charge in [-0.05, 0) is 42.3 Å². The molecule has 2 fully saturated rings. The van der Waals surface area contributed by atoms with Crippen molar-refractivity contribution in [3.8, 4) is 11.5 Å². The smallest absolute Gasteiger partial charge is 0.295 e. The number of aliphatic hydroxyl groups excluding tert-OH is 1. The van der Waals surface area contributed by atoms with E-state index in [1.165, 1.54) is 23.1 Å². The molecule has 1 amide bonds. The Bertz CT molecular complexity index is 1160. The van der Waals surface area contributed by atoms with Crippen LogP contribution in [-0.2, 0) is 14.3 Å². The molecule has 8 nitrogen and oxygen atoms in total.